The van der Waals surface area contributed by atoms with E-state index < -0.39 is 28.0 Å². The number of rotatable bonds is 10. The van der Waals surface area contributed by atoms with E-state index in [1.807, 2.05) is 0 Å². The lowest BCUT2D eigenvalue weighted by Gasteiger charge is -2.23. The normalized spacial score (nSPS) is 15.9. The molecule has 1 aliphatic rings. The molecule has 0 saturated carbocycles. The van der Waals surface area contributed by atoms with Gasteiger partial charge in [-0.3, -0.25) is 4.57 Å². The summed E-state index contributed by atoms with van der Waals surface area (Å²) < 4.78 is 42.7. The van der Waals surface area contributed by atoms with Gasteiger partial charge in [0.05, 0.1) is 35.0 Å². The third kappa shape index (κ3) is 6.73. The lowest BCUT2D eigenvalue weighted by Crippen LogP contribution is -2.38. The van der Waals surface area contributed by atoms with Crippen LogP contribution in [-0.4, -0.2) is 72.6 Å². The van der Waals surface area contributed by atoms with Crippen molar-refractivity contribution in [1.29, 1.82) is 0 Å². The number of ether oxygens (including phenoxy) is 3. The molecule has 5 rings (SSSR count). The number of imidazole rings is 1. The van der Waals surface area contributed by atoms with Gasteiger partial charge in [0, 0.05) is 24.4 Å². The van der Waals surface area contributed by atoms with Crippen molar-refractivity contribution in [2.45, 2.75) is 37.7 Å². The van der Waals surface area contributed by atoms with Crippen molar-refractivity contribution in [3.8, 4) is 16.5 Å². The second kappa shape index (κ2) is 12.4. The Hall–Kier alpha value is -3.81. The molecule has 2 aromatic carbocycles. The Morgan fingerprint density at radius 1 is 1.21 bits per heavy atom. The Morgan fingerprint density at radius 3 is 2.72 bits per heavy atom. The number of likely N-dealkylation sites (tertiary alicyclic amines) is 1. The topological polar surface area (TPSA) is 137 Å². The summed E-state index contributed by atoms with van der Waals surface area (Å²) >= 11 is 7.87. The molecule has 0 aliphatic carbocycles. The molecule has 11 nitrogen and oxygen atoms in total. The molecular formula is C29H30ClN3O8S2. The van der Waals surface area contributed by atoms with Crippen LogP contribution in [0.4, 0.5) is 4.79 Å². The van der Waals surface area contributed by atoms with E-state index in [9.17, 15) is 23.1 Å². The number of hydrogen-bond donors (Lipinski definition) is 1. The molecule has 1 fully saturated rings. The average molecular weight is 648 g/mol. The second-order valence-electron chi connectivity index (χ2n) is 10.3. The molecule has 3 heterocycles. The largest absolute Gasteiger partial charge is 0.490 e. The number of benzene rings is 2. The monoisotopic (exact) mass is 647 g/mol. The number of fused-ring (bicyclic) bond motifs is 1. The summed E-state index contributed by atoms with van der Waals surface area (Å²) in [5.41, 5.74) is 2.57. The van der Waals surface area contributed by atoms with Crippen molar-refractivity contribution in [2.24, 2.45) is 0 Å². The molecule has 43 heavy (non-hydrogen) atoms. The molecule has 1 aliphatic heterocycles. The Morgan fingerprint density at radius 2 is 2.00 bits per heavy atom. The van der Waals surface area contributed by atoms with Gasteiger partial charge in [-0.05, 0) is 43.5 Å². The second-order valence-corrected chi connectivity index (χ2v) is 13.8. The van der Waals surface area contributed by atoms with Crippen LogP contribution in [0.1, 0.15) is 46.7 Å². The quantitative estimate of drug-likeness (QED) is 0.214. The summed E-state index contributed by atoms with van der Waals surface area (Å²) in [7, 11) is -1.95. The van der Waals surface area contributed by atoms with E-state index in [1.165, 1.54) is 18.3 Å². The molecule has 1 saturated heterocycles. The minimum atomic E-state index is -3.24. The van der Waals surface area contributed by atoms with E-state index in [0.717, 1.165) is 17.8 Å². The predicted octanol–water partition coefficient (Wildman–Crippen LogP) is 5.73. The zero-order chi connectivity index (χ0) is 30.9. The first kappa shape index (κ1) is 30.6. The van der Waals surface area contributed by atoms with Crippen LogP contribution < -0.4 is 9.47 Å². The van der Waals surface area contributed by atoms with Gasteiger partial charge < -0.3 is 24.2 Å². The molecule has 228 valence electrons. The molecule has 14 heteroatoms. The van der Waals surface area contributed by atoms with Crippen molar-refractivity contribution in [2.75, 3.05) is 26.5 Å². The van der Waals surface area contributed by atoms with Gasteiger partial charge >= 0.3 is 12.1 Å². The number of methoxy groups -OCH3 is 1. The molecule has 0 radical (unpaired) electrons. The van der Waals surface area contributed by atoms with Gasteiger partial charge in [-0.1, -0.05) is 29.8 Å². The maximum atomic E-state index is 12.7. The van der Waals surface area contributed by atoms with Crippen molar-refractivity contribution in [1.82, 2.24) is 14.5 Å². The number of hydrogen-bond acceptors (Lipinski definition) is 9. The first-order valence-corrected chi connectivity index (χ1v) is 16.6. The fourth-order valence-corrected chi connectivity index (χ4v) is 7.19. The highest BCUT2D eigenvalue weighted by molar-refractivity contribution is 7.89. The number of carboxylic acid groups (broad SMARTS) is 1. The number of sulfone groups is 1. The van der Waals surface area contributed by atoms with Gasteiger partial charge in [-0.25, -0.2) is 23.0 Å². The lowest BCUT2D eigenvalue weighted by atomic mass is 10.1. The predicted molar refractivity (Wildman–Crippen MR) is 163 cm³/mol. The number of esters is 1. The summed E-state index contributed by atoms with van der Waals surface area (Å²) in [5.74, 6) is -0.0111. The first-order valence-electron chi connectivity index (χ1n) is 13.4. The minimum Gasteiger partial charge on any atom is -0.490 e. The number of halogens is 1. The molecule has 2 aromatic heterocycles. The number of carbonyl (C=O) groups excluding carboxylic acids is 1. The minimum absolute atomic E-state index is 0.111. The molecule has 1 amide bonds. The van der Waals surface area contributed by atoms with Crippen molar-refractivity contribution in [3.63, 3.8) is 0 Å². The standard InChI is InChI=1S/C29H30ClN3O8S2/c1-17(20-7-4-8-23(26(20)30)40-14-19-6-5-11-32(19)29(35)36)41-24-13-25(42-27(24)28(34)39-2)33-16-31-21-10-9-18(12-22(21)33)15-43(3,37)38/h4,7-10,12-13,16-17,19H,5-6,11,14-15H2,1-3H3,(H,35,36)/t17-,19+/m1/s1. The highest BCUT2D eigenvalue weighted by Crippen LogP contribution is 2.39. The Kier molecular flexibility index (Phi) is 8.86. The highest BCUT2D eigenvalue weighted by atomic mass is 35.5. The molecule has 0 spiro atoms. The van der Waals surface area contributed by atoms with Crippen LogP contribution in [0.5, 0.6) is 11.5 Å². The van der Waals surface area contributed by atoms with Gasteiger partial charge in [0.15, 0.2) is 14.7 Å². The van der Waals surface area contributed by atoms with Gasteiger partial charge in [-0.15, -0.1) is 11.3 Å². The third-order valence-electron chi connectivity index (χ3n) is 7.12. The number of thiophene rings is 1. The van der Waals surface area contributed by atoms with Gasteiger partial charge in [-0.2, -0.15) is 0 Å². The number of amides is 1. The average Bonchev–Trinajstić information content (AvgIpc) is 3.69. The molecular weight excluding hydrogens is 618 g/mol. The summed E-state index contributed by atoms with van der Waals surface area (Å²) in [6, 6.07) is 12.0. The molecule has 2 atom stereocenters. The zero-order valence-electron chi connectivity index (χ0n) is 23.7. The van der Waals surface area contributed by atoms with Crippen LogP contribution in [0.2, 0.25) is 5.02 Å². The van der Waals surface area contributed by atoms with Crippen LogP contribution in [0.15, 0.2) is 48.8 Å². The van der Waals surface area contributed by atoms with Crippen molar-refractivity contribution >= 4 is 55.9 Å². The fourth-order valence-electron chi connectivity index (χ4n) is 5.08. The van der Waals surface area contributed by atoms with Gasteiger partial charge in [0.25, 0.3) is 0 Å². The van der Waals surface area contributed by atoms with Crippen LogP contribution in [0, 0.1) is 0 Å². The van der Waals surface area contributed by atoms with Gasteiger partial charge in [0.1, 0.15) is 35.5 Å². The Labute approximate surface area is 257 Å². The highest BCUT2D eigenvalue weighted by Gasteiger charge is 2.29. The number of carbonyl (C=O) groups is 2. The van der Waals surface area contributed by atoms with Crippen LogP contribution in [0.25, 0.3) is 16.0 Å². The van der Waals surface area contributed by atoms with E-state index in [2.05, 4.69) is 4.98 Å². The number of nitrogens with zero attached hydrogens (tertiary/aromatic N) is 3. The lowest BCUT2D eigenvalue weighted by molar-refractivity contribution is 0.0599. The Bertz CT molecular complexity index is 1790. The Balaban J connectivity index is 1.41. The summed E-state index contributed by atoms with van der Waals surface area (Å²) in [5, 5.41) is 10.3. The first-order chi connectivity index (χ1) is 20.4. The van der Waals surface area contributed by atoms with Gasteiger partial charge in [0.2, 0.25) is 0 Å². The van der Waals surface area contributed by atoms with Crippen LogP contribution in [-0.2, 0) is 20.3 Å². The molecule has 4 aromatic rings. The van der Waals surface area contributed by atoms with Crippen LogP contribution in [0.3, 0.4) is 0 Å². The molecule has 1 N–H and O–H groups in total. The maximum absolute atomic E-state index is 12.7. The van der Waals surface area contributed by atoms with Crippen molar-refractivity contribution < 1.29 is 37.3 Å². The smallest absolute Gasteiger partial charge is 0.407 e. The maximum Gasteiger partial charge on any atom is 0.407 e. The van der Waals surface area contributed by atoms with E-state index >= 15 is 0 Å². The van der Waals surface area contributed by atoms with E-state index in [1.54, 1.807) is 60.3 Å². The third-order valence-corrected chi connectivity index (χ3v) is 9.48. The zero-order valence-corrected chi connectivity index (χ0v) is 26.0. The van der Waals surface area contributed by atoms with Crippen LogP contribution >= 0.6 is 22.9 Å². The van der Waals surface area contributed by atoms with E-state index in [0.29, 0.717) is 50.9 Å². The molecule has 0 unspecified atom stereocenters. The SMILES string of the molecule is COC(=O)c1sc(-n2cnc3ccc(CS(C)(=O)=O)cc32)cc1O[C@H](C)c1cccc(OC[C@@H]2CCCN2C(=O)O)c1Cl. The van der Waals surface area contributed by atoms with E-state index in [-0.39, 0.29) is 29.0 Å². The summed E-state index contributed by atoms with van der Waals surface area (Å²) in [6.07, 6.45) is 2.69. The number of aromatic nitrogens is 2. The van der Waals surface area contributed by atoms with Crippen molar-refractivity contribution in [3.05, 3.63) is 69.8 Å². The summed E-state index contributed by atoms with van der Waals surface area (Å²) in [6.45, 7) is 2.44. The summed E-state index contributed by atoms with van der Waals surface area (Å²) in [4.78, 5) is 30.3. The van der Waals surface area contributed by atoms with E-state index in [4.69, 9.17) is 25.8 Å². The molecule has 0 bridgehead atoms. The fraction of sp³-hybridized carbons (Fsp3) is 0.345.